The second-order valence-corrected chi connectivity index (χ2v) is 7.06. The summed E-state index contributed by atoms with van der Waals surface area (Å²) in [5.41, 5.74) is 0. The van der Waals surface area contributed by atoms with Gasteiger partial charge in [-0.1, -0.05) is 48.9 Å². The summed E-state index contributed by atoms with van der Waals surface area (Å²) in [5.74, 6) is 6.13. The number of hydrogen-bond acceptors (Lipinski definition) is 3. The van der Waals surface area contributed by atoms with Gasteiger partial charge < -0.3 is 4.74 Å². The van der Waals surface area contributed by atoms with Crippen LogP contribution in [0.15, 0.2) is 23.1 Å². The summed E-state index contributed by atoms with van der Waals surface area (Å²) in [6, 6.07) is 5.43. The van der Waals surface area contributed by atoms with Crippen LogP contribution in [0.2, 0.25) is 10.0 Å². The highest BCUT2D eigenvalue weighted by Gasteiger charge is 2.14. The van der Waals surface area contributed by atoms with Crippen LogP contribution in [0.25, 0.3) is 0 Å². The third-order valence-corrected chi connectivity index (χ3v) is 4.83. The molecule has 0 radical (unpaired) electrons. The molecule has 5 heteroatoms. The summed E-state index contributed by atoms with van der Waals surface area (Å²) in [5, 5.41) is 0.874. The van der Waals surface area contributed by atoms with Crippen LogP contribution in [0.4, 0.5) is 0 Å². The van der Waals surface area contributed by atoms with Crippen molar-refractivity contribution in [2.75, 3.05) is 6.61 Å². The Morgan fingerprint density at radius 2 is 2.04 bits per heavy atom. The Morgan fingerprint density at radius 3 is 2.70 bits per heavy atom. The molecule has 1 aromatic rings. The minimum Gasteiger partial charge on any atom is -0.466 e. The average molecular weight is 373 g/mol. The summed E-state index contributed by atoms with van der Waals surface area (Å²) >= 11 is 13.5. The molecule has 0 bridgehead atoms. The van der Waals surface area contributed by atoms with Crippen LogP contribution >= 0.6 is 35.0 Å². The Bertz CT molecular complexity index is 564. The fraction of sp³-hybridized carbons (Fsp3) is 0.500. The molecule has 0 fully saturated rings. The Balaban J connectivity index is 2.72. The zero-order chi connectivity index (χ0) is 17.1. The first-order chi connectivity index (χ1) is 11.1. The second kappa shape index (κ2) is 11.7. The van der Waals surface area contributed by atoms with E-state index in [1.54, 1.807) is 19.1 Å². The van der Waals surface area contributed by atoms with Crippen molar-refractivity contribution in [1.82, 2.24) is 0 Å². The summed E-state index contributed by atoms with van der Waals surface area (Å²) in [6.45, 7) is 4.35. The van der Waals surface area contributed by atoms with Crippen molar-refractivity contribution in [3.63, 3.8) is 0 Å². The van der Waals surface area contributed by atoms with Gasteiger partial charge in [0.1, 0.15) is 0 Å². The first-order valence-corrected chi connectivity index (χ1v) is 9.46. The van der Waals surface area contributed by atoms with Crippen LogP contribution in [0.5, 0.6) is 0 Å². The van der Waals surface area contributed by atoms with Gasteiger partial charge in [0.05, 0.1) is 28.3 Å². The predicted molar refractivity (Wildman–Crippen MR) is 99.3 cm³/mol. The maximum atomic E-state index is 11.7. The van der Waals surface area contributed by atoms with Crippen LogP contribution in [-0.4, -0.2) is 17.8 Å². The first-order valence-electron chi connectivity index (χ1n) is 7.82. The van der Waals surface area contributed by atoms with Crippen LogP contribution in [0.3, 0.4) is 0 Å². The molecule has 0 saturated heterocycles. The molecule has 0 saturated carbocycles. The standard InChI is InChI=1S/C18H22Cl2O2S/c1-3-5-6-7-8-9-14(13-18(21)22-4-2)23-15-10-11-16(19)17(20)12-15/h10-12,14H,3-7,13H2,1-2H3. The molecular weight excluding hydrogens is 351 g/mol. The molecule has 1 aromatic carbocycles. The lowest BCUT2D eigenvalue weighted by molar-refractivity contribution is -0.142. The van der Waals surface area contributed by atoms with Crippen molar-refractivity contribution >= 4 is 40.9 Å². The van der Waals surface area contributed by atoms with E-state index in [0.717, 1.165) is 17.7 Å². The van der Waals surface area contributed by atoms with Crippen molar-refractivity contribution in [3.05, 3.63) is 28.2 Å². The molecule has 23 heavy (non-hydrogen) atoms. The molecule has 0 aliphatic heterocycles. The highest BCUT2D eigenvalue weighted by atomic mass is 35.5. The van der Waals surface area contributed by atoms with Crippen molar-refractivity contribution < 1.29 is 9.53 Å². The minimum absolute atomic E-state index is 0.145. The Labute approximate surface area is 153 Å². The lowest BCUT2D eigenvalue weighted by Crippen LogP contribution is -2.12. The number of halogens is 2. The topological polar surface area (TPSA) is 26.3 Å². The highest BCUT2D eigenvalue weighted by molar-refractivity contribution is 8.00. The normalized spacial score (nSPS) is 11.5. The molecule has 0 amide bonds. The van der Waals surface area contributed by atoms with Gasteiger partial charge in [-0.15, -0.1) is 17.7 Å². The molecule has 0 spiro atoms. The highest BCUT2D eigenvalue weighted by Crippen LogP contribution is 2.31. The number of esters is 1. The molecule has 0 aliphatic rings. The molecule has 1 rings (SSSR count). The number of hydrogen-bond donors (Lipinski definition) is 0. The van der Waals surface area contributed by atoms with E-state index < -0.39 is 0 Å². The maximum Gasteiger partial charge on any atom is 0.307 e. The number of thioether (sulfide) groups is 1. The summed E-state index contributed by atoms with van der Waals surface area (Å²) in [4.78, 5) is 12.7. The number of carbonyl (C=O) groups is 1. The third-order valence-electron chi connectivity index (χ3n) is 3.00. The Kier molecular flexibility index (Phi) is 10.3. The maximum absolute atomic E-state index is 11.7. The number of benzene rings is 1. The van der Waals surface area contributed by atoms with Gasteiger partial charge in [-0.2, -0.15) is 0 Å². The van der Waals surface area contributed by atoms with Gasteiger partial charge in [-0.05, 0) is 31.5 Å². The molecule has 1 unspecified atom stereocenters. The largest absolute Gasteiger partial charge is 0.466 e. The van der Waals surface area contributed by atoms with Gasteiger partial charge in [-0.3, -0.25) is 4.79 Å². The number of rotatable bonds is 8. The van der Waals surface area contributed by atoms with Crippen LogP contribution < -0.4 is 0 Å². The zero-order valence-corrected chi connectivity index (χ0v) is 15.9. The molecule has 2 nitrogen and oxygen atoms in total. The number of carbonyl (C=O) groups excluding carboxylic acids is 1. The van der Waals surface area contributed by atoms with E-state index in [1.165, 1.54) is 24.6 Å². The van der Waals surface area contributed by atoms with Crippen molar-refractivity contribution in [1.29, 1.82) is 0 Å². The Hall–Kier alpha value is -0.820. The van der Waals surface area contributed by atoms with Gasteiger partial charge in [0.2, 0.25) is 0 Å². The second-order valence-electron chi connectivity index (χ2n) is 4.97. The van der Waals surface area contributed by atoms with E-state index in [9.17, 15) is 4.79 Å². The SMILES string of the molecule is CCCCCC#CC(CC(=O)OCC)Sc1ccc(Cl)c(Cl)c1. The van der Waals surface area contributed by atoms with E-state index in [1.807, 2.05) is 6.07 Å². The predicted octanol–water partition coefficient (Wildman–Crippen LogP) is 5.99. The third kappa shape index (κ3) is 8.55. The first kappa shape index (κ1) is 20.2. The van der Waals surface area contributed by atoms with E-state index >= 15 is 0 Å². The summed E-state index contributed by atoms with van der Waals surface area (Å²) in [7, 11) is 0. The van der Waals surface area contributed by atoms with Crippen LogP contribution in [0.1, 0.15) is 46.0 Å². The Morgan fingerprint density at radius 1 is 1.26 bits per heavy atom. The number of unbranched alkanes of at least 4 members (excludes halogenated alkanes) is 3. The number of ether oxygens (including phenoxy) is 1. The molecule has 0 aliphatic carbocycles. The van der Waals surface area contributed by atoms with Crippen molar-refractivity contribution in [2.24, 2.45) is 0 Å². The summed E-state index contributed by atoms with van der Waals surface area (Å²) < 4.78 is 5.03. The van der Waals surface area contributed by atoms with E-state index in [4.69, 9.17) is 27.9 Å². The van der Waals surface area contributed by atoms with Gasteiger partial charge in [0, 0.05) is 11.3 Å². The fourth-order valence-corrected chi connectivity index (χ4v) is 3.24. The summed E-state index contributed by atoms with van der Waals surface area (Å²) in [6.07, 6.45) is 4.56. The lowest BCUT2D eigenvalue weighted by atomic mass is 10.2. The molecule has 0 N–H and O–H groups in total. The smallest absolute Gasteiger partial charge is 0.307 e. The monoisotopic (exact) mass is 372 g/mol. The van der Waals surface area contributed by atoms with E-state index in [0.29, 0.717) is 16.7 Å². The molecule has 0 heterocycles. The molecule has 0 aromatic heterocycles. The van der Waals surface area contributed by atoms with Gasteiger partial charge >= 0.3 is 5.97 Å². The van der Waals surface area contributed by atoms with Crippen molar-refractivity contribution in [3.8, 4) is 11.8 Å². The molecule has 1 atom stereocenters. The quantitative estimate of drug-likeness (QED) is 0.242. The molecular formula is C18H22Cl2O2S. The van der Waals surface area contributed by atoms with Gasteiger partial charge in [0.15, 0.2) is 0 Å². The average Bonchev–Trinajstić information content (AvgIpc) is 2.51. The zero-order valence-electron chi connectivity index (χ0n) is 13.5. The van der Waals surface area contributed by atoms with Crippen LogP contribution in [-0.2, 0) is 9.53 Å². The lowest BCUT2D eigenvalue weighted by Gasteiger charge is -2.10. The molecule has 126 valence electrons. The van der Waals surface area contributed by atoms with Gasteiger partial charge in [-0.25, -0.2) is 0 Å². The van der Waals surface area contributed by atoms with Crippen LogP contribution in [0, 0.1) is 11.8 Å². The van der Waals surface area contributed by atoms with E-state index in [2.05, 4.69) is 18.8 Å². The van der Waals surface area contributed by atoms with Crippen molar-refractivity contribution in [2.45, 2.75) is 56.1 Å². The minimum atomic E-state index is -0.229. The van der Waals surface area contributed by atoms with Gasteiger partial charge in [0.25, 0.3) is 0 Å². The van der Waals surface area contributed by atoms with E-state index in [-0.39, 0.29) is 17.6 Å². The fourth-order valence-electron chi connectivity index (χ4n) is 1.86.